The van der Waals surface area contributed by atoms with Crippen molar-refractivity contribution >= 4 is 5.91 Å². The summed E-state index contributed by atoms with van der Waals surface area (Å²) in [5.41, 5.74) is 3.18. The number of piperidine rings is 2. The topological polar surface area (TPSA) is 29.1 Å². The number of fused-ring (bicyclic) bond motifs is 2. The third-order valence-electron chi connectivity index (χ3n) is 4.19. The Morgan fingerprint density at radius 1 is 1.38 bits per heavy atom. The molecule has 2 heterocycles. The number of benzene rings is 1. The standard InChI is InChI=1S/C14H17NO/c1-10-4-2-3-5-11(10)6-14-7-12(8-14)13(16)15-9-14/h2-5,12H,6-9H2,1H3,(H,15,16). The number of carbonyl (C=O) groups excluding carboxylic acids is 1. The van der Waals surface area contributed by atoms with Crippen molar-refractivity contribution in [3.63, 3.8) is 0 Å². The number of rotatable bonds is 2. The van der Waals surface area contributed by atoms with Crippen LogP contribution in [-0.2, 0) is 11.2 Å². The molecule has 2 nitrogen and oxygen atoms in total. The Bertz CT molecular complexity index is 427. The summed E-state index contributed by atoms with van der Waals surface area (Å²) in [4.78, 5) is 11.4. The highest BCUT2D eigenvalue weighted by Crippen LogP contribution is 2.50. The van der Waals surface area contributed by atoms with Crippen LogP contribution < -0.4 is 5.32 Å². The van der Waals surface area contributed by atoms with Gasteiger partial charge >= 0.3 is 0 Å². The van der Waals surface area contributed by atoms with Crippen LogP contribution in [0.1, 0.15) is 24.0 Å². The first-order valence-corrected chi connectivity index (χ1v) is 6.01. The average molecular weight is 215 g/mol. The summed E-state index contributed by atoms with van der Waals surface area (Å²) in [6.07, 6.45) is 3.30. The van der Waals surface area contributed by atoms with Gasteiger partial charge in [-0.3, -0.25) is 4.79 Å². The number of carbonyl (C=O) groups is 1. The van der Waals surface area contributed by atoms with E-state index in [1.165, 1.54) is 11.1 Å². The second-order valence-corrected chi connectivity index (χ2v) is 5.43. The molecule has 16 heavy (non-hydrogen) atoms. The van der Waals surface area contributed by atoms with E-state index < -0.39 is 0 Å². The summed E-state index contributed by atoms with van der Waals surface area (Å²) in [7, 11) is 0. The fraction of sp³-hybridized carbons (Fsp3) is 0.500. The molecule has 1 saturated carbocycles. The van der Waals surface area contributed by atoms with Gasteiger partial charge in [-0.05, 0) is 42.7 Å². The minimum atomic E-state index is 0.270. The van der Waals surface area contributed by atoms with Gasteiger partial charge in [-0.25, -0.2) is 0 Å². The Labute approximate surface area is 96.1 Å². The van der Waals surface area contributed by atoms with Crippen molar-refractivity contribution in [2.75, 3.05) is 6.54 Å². The highest BCUT2D eigenvalue weighted by Gasteiger charge is 2.51. The predicted octanol–water partition coefficient (Wildman–Crippen LogP) is 2.06. The predicted molar refractivity (Wildman–Crippen MR) is 63.0 cm³/mol. The summed E-state index contributed by atoms with van der Waals surface area (Å²) in [5, 5.41) is 3.02. The monoisotopic (exact) mass is 215 g/mol. The molecule has 2 saturated heterocycles. The van der Waals surface area contributed by atoms with E-state index in [0.29, 0.717) is 11.3 Å². The van der Waals surface area contributed by atoms with E-state index in [-0.39, 0.29) is 5.91 Å². The van der Waals surface area contributed by atoms with Gasteiger partial charge in [0.1, 0.15) is 0 Å². The second kappa shape index (κ2) is 3.34. The van der Waals surface area contributed by atoms with Crippen LogP contribution >= 0.6 is 0 Å². The quantitative estimate of drug-likeness (QED) is 0.804. The Morgan fingerprint density at radius 2 is 2.12 bits per heavy atom. The van der Waals surface area contributed by atoms with Crippen LogP contribution in [0.5, 0.6) is 0 Å². The third-order valence-corrected chi connectivity index (χ3v) is 4.19. The van der Waals surface area contributed by atoms with Crippen LogP contribution in [0.15, 0.2) is 24.3 Å². The lowest BCUT2D eigenvalue weighted by molar-refractivity contribution is -0.140. The Balaban J connectivity index is 1.77. The zero-order valence-corrected chi connectivity index (χ0v) is 9.62. The van der Waals surface area contributed by atoms with Crippen molar-refractivity contribution < 1.29 is 4.79 Å². The van der Waals surface area contributed by atoms with Gasteiger partial charge in [0.05, 0.1) is 0 Å². The molecule has 3 fully saturated rings. The van der Waals surface area contributed by atoms with E-state index in [1.807, 2.05) is 0 Å². The number of hydrogen-bond acceptors (Lipinski definition) is 1. The molecule has 0 aromatic heterocycles. The first kappa shape index (κ1) is 9.88. The van der Waals surface area contributed by atoms with Crippen LogP contribution in [0.2, 0.25) is 0 Å². The highest BCUT2D eigenvalue weighted by molar-refractivity contribution is 5.81. The SMILES string of the molecule is Cc1ccccc1CC12CNC(=O)C(C1)C2. The maximum absolute atomic E-state index is 11.4. The van der Waals surface area contributed by atoms with Crippen molar-refractivity contribution in [2.24, 2.45) is 11.3 Å². The van der Waals surface area contributed by atoms with Crippen LogP contribution in [-0.4, -0.2) is 12.5 Å². The van der Waals surface area contributed by atoms with E-state index in [4.69, 9.17) is 0 Å². The summed E-state index contributed by atoms with van der Waals surface area (Å²) in [5.74, 6) is 0.574. The van der Waals surface area contributed by atoms with Gasteiger partial charge in [0, 0.05) is 12.5 Å². The Morgan fingerprint density at radius 3 is 2.75 bits per heavy atom. The van der Waals surface area contributed by atoms with Crippen LogP contribution in [0, 0.1) is 18.3 Å². The molecular weight excluding hydrogens is 198 g/mol. The van der Waals surface area contributed by atoms with Crippen LogP contribution in [0.25, 0.3) is 0 Å². The molecule has 84 valence electrons. The zero-order valence-electron chi connectivity index (χ0n) is 9.62. The van der Waals surface area contributed by atoms with E-state index >= 15 is 0 Å². The zero-order chi connectivity index (χ0) is 11.2. The molecule has 1 amide bonds. The molecule has 4 rings (SSSR count). The summed E-state index contributed by atoms with van der Waals surface area (Å²) in [6.45, 7) is 3.04. The molecule has 0 radical (unpaired) electrons. The molecule has 2 bridgehead atoms. The molecule has 1 aromatic rings. The van der Waals surface area contributed by atoms with Crippen molar-refractivity contribution in [1.29, 1.82) is 0 Å². The van der Waals surface area contributed by atoms with Gasteiger partial charge in [0.2, 0.25) is 5.91 Å². The van der Waals surface area contributed by atoms with Crippen molar-refractivity contribution in [2.45, 2.75) is 26.2 Å². The molecule has 1 N–H and O–H groups in total. The van der Waals surface area contributed by atoms with Crippen molar-refractivity contribution in [3.05, 3.63) is 35.4 Å². The third kappa shape index (κ3) is 1.44. The lowest BCUT2D eigenvalue weighted by Crippen LogP contribution is -2.58. The Kier molecular flexibility index (Phi) is 2.06. The number of hydrogen-bond donors (Lipinski definition) is 1. The van der Waals surface area contributed by atoms with Gasteiger partial charge in [0.25, 0.3) is 0 Å². The first-order chi connectivity index (χ1) is 7.69. The highest BCUT2D eigenvalue weighted by atomic mass is 16.2. The average Bonchev–Trinajstić information content (AvgIpc) is 2.23. The number of aryl methyl sites for hydroxylation is 1. The maximum atomic E-state index is 11.4. The van der Waals surface area contributed by atoms with Crippen LogP contribution in [0.3, 0.4) is 0 Å². The molecule has 2 heteroatoms. The van der Waals surface area contributed by atoms with Crippen molar-refractivity contribution in [1.82, 2.24) is 5.32 Å². The Hall–Kier alpha value is -1.31. The van der Waals surface area contributed by atoms with E-state index in [1.54, 1.807) is 0 Å². The van der Waals surface area contributed by atoms with Gasteiger partial charge in [-0.15, -0.1) is 0 Å². The minimum Gasteiger partial charge on any atom is -0.355 e. The van der Waals surface area contributed by atoms with Crippen molar-refractivity contribution in [3.8, 4) is 0 Å². The smallest absolute Gasteiger partial charge is 0.223 e. The molecule has 1 aromatic carbocycles. The van der Waals surface area contributed by atoms with Gasteiger partial charge in [-0.1, -0.05) is 24.3 Å². The van der Waals surface area contributed by atoms with E-state index in [0.717, 1.165) is 25.8 Å². The van der Waals surface area contributed by atoms with Gasteiger partial charge < -0.3 is 5.32 Å². The molecule has 0 spiro atoms. The first-order valence-electron chi connectivity index (χ1n) is 6.01. The molecule has 0 unspecified atom stereocenters. The second-order valence-electron chi connectivity index (χ2n) is 5.43. The minimum absolute atomic E-state index is 0.270. The van der Waals surface area contributed by atoms with Gasteiger partial charge in [-0.2, -0.15) is 0 Å². The maximum Gasteiger partial charge on any atom is 0.223 e. The number of nitrogens with one attached hydrogen (secondary N) is 1. The number of amides is 1. The normalized spacial score (nSPS) is 31.8. The fourth-order valence-corrected chi connectivity index (χ4v) is 3.15. The van der Waals surface area contributed by atoms with E-state index in [2.05, 4.69) is 36.5 Å². The summed E-state index contributed by atoms with van der Waals surface area (Å²) in [6, 6.07) is 8.58. The molecule has 3 aliphatic rings. The largest absolute Gasteiger partial charge is 0.355 e. The lowest BCUT2D eigenvalue weighted by Gasteiger charge is -2.52. The molecular formula is C14H17NO. The molecule has 1 aliphatic carbocycles. The summed E-state index contributed by atoms with van der Waals surface area (Å²) < 4.78 is 0. The van der Waals surface area contributed by atoms with E-state index in [9.17, 15) is 4.79 Å². The van der Waals surface area contributed by atoms with Crippen LogP contribution in [0.4, 0.5) is 0 Å². The fourth-order valence-electron chi connectivity index (χ4n) is 3.15. The molecule has 2 aliphatic heterocycles. The molecule has 0 atom stereocenters. The lowest BCUT2D eigenvalue weighted by atomic mass is 9.56. The summed E-state index contributed by atoms with van der Waals surface area (Å²) >= 11 is 0. The van der Waals surface area contributed by atoms with Gasteiger partial charge in [0.15, 0.2) is 0 Å².